The van der Waals surface area contributed by atoms with E-state index < -0.39 is 5.91 Å². The maximum absolute atomic E-state index is 12.1. The normalized spacial score (nSPS) is 12.2. The number of amides is 2. The third kappa shape index (κ3) is 4.38. The largest absolute Gasteiger partial charge is 0.396 e. The van der Waals surface area contributed by atoms with Gasteiger partial charge >= 0.3 is 0 Å². The number of primary amides is 1. The molecule has 1 atom stereocenters. The molecule has 1 rings (SSSR count). The molecule has 0 aliphatic carbocycles. The summed E-state index contributed by atoms with van der Waals surface area (Å²) in [6.45, 7) is 2.71. The minimum absolute atomic E-state index is 0.122. The Morgan fingerprint density at radius 1 is 1.45 bits per heavy atom. The molecule has 6 heteroatoms. The van der Waals surface area contributed by atoms with E-state index in [1.54, 1.807) is 11.6 Å². The Morgan fingerprint density at radius 3 is 2.65 bits per heavy atom. The van der Waals surface area contributed by atoms with Crippen molar-refractivity contribution in [2.24, 2.45) is 18.7 Å². The van der Waals surface area contributed by atoms with E-state index in [1.165, 1.54) is 12.3 Å². The van der Waals surface area contributed by atoms with Gasteiger partial charge in [-0.1, -0.05) is 13.3 Å². The quantitative estimate of drug-likeness (QED) is 0.652. The fraction of sp³-hybridized carbons (Fsp3) is 0.571. The van der Waals surface area contributed by atoms with Crippen molar-refractivity contribution < 1.29 is 14.7 Å². The third-order valence-electron chi connectivity index (χ3n) is 3.31. The van der Waals surface area contributed by atoms with Crippen molar-refractivity contribution in [2.45, 2.75) is 26.2 Å². The average Bonchev–Trinajstić information content (AvgIpc) is 2.78. The van der Waals surface area contributed by atoms with Crippen molar-refractivity contribution in [1.82, 2.24) is 9.88 Å². The number of nitrogens with zero attached hydrogens (tertiary/aromatic N) is 1. The number of carbonyl (C=O) groups excluding carboxylic acids is 2. The number of nitrogens with two attached hydrogens (primary N) is 1. The van der Waals surface area contributed by atoms with E-state index in [9.17, 15) is 9.59 Å². The molecule has 2 amide bonds. The van der Waals surface area contributed by atoms with Crippen LogP contribution in [0, 0.1) is 5.92 Å². The van der Waals surface area contributed by atoms with Crippen LogP contribution in [0.25, 0.3) is 0 Å². The molecule has 1 heterocycles. The number of hydrogen-bond acceptors (Lipinski definition) is 3. The first kappa shape index (κ1) is 16.2. The van der Waals surface area contributed by atoms with Gasteiger partial charge < -0.3 is 20.7 Å². The molecular formula is C14H23N3O3. The highest BCUT2D eigenvalue weighted by atomic mass is 16.3. The van der Waals surface area contributed by atoms with E-state index in [-0.39, 0.29) is 18.4 Å². The van der Waals surface area contributed by atoms with Crippen LogP contribution in [0.4, 0.5) is 0 Å². The SMILES string of the molecule is CCCC(CCO)CNC(=O)c1cc(C(N)=O)cn1C. The fourth-order valence-corrected chi connectivity index (χ4v) is 2.19. The van der Waals surface area contributed by atoms with Gasteiger partial charge in [-0.2, -0.15) is 0 Å². The molecule has 0 bridgehead atoms. The lowest BCUT2D eigenvalue weighted by Crippen LogP contribution is -2.31. The van der Waals surface area contributed by atoms with E-state index in [0.717, 1.165) is 12.8 Å². The second kappa shape index (κ2) is 7.69. The lowest BCUT2D eigenvalue weighted by Gasteiger charge is -2.15. The summed E-state index contributed by atoms with van der Waals surface area (Å²) in [5.74, 6) is -0.521. The van der Waals surface area contributed by atoms with Crippen LogP contribution in [0.15, 0.2) is 12.3 Å². The van der Waals surface area contributed by atoms with Crippen LogP contribution < -0.4 is 11.1 Å². The lowest BCUT2D eigenvalue weighted by molar-refractivity contribution is 0.0934. The summed E-state index contributed by atoms with van der Waals surface area (Å²) in [5, 5.41) is 11.8. The maximum atomic E-state index is 12.1. The number of rotatable bonds is 8. The number of hydrogen-bond donors (Lipinski definition) is 3. The van der Waals surface area contributed by atoms with Gasteiger partial charge in [-0.05, 0) is 24.8 Å². The molecule has 0 spiro atoms. The number of nitrogens with one attached hydrogen (secondary N) is 1. The number of aryl methyl sites for hydroxylation is 1. The summed E-state index contributed by atoms with van der Waals surface area (Å²) in [6.07, 6.45) is 4.18. The van der Waals surface area contributed by atoms with E-state index in [1.807, 2.05) is 0 Å². The molecular weight excluding hydrogens is 258 g/mol. The Labute approximate surface area is 119 Å². The monoisotopic (exact) mass is 281 g/mol. The highest BCUT2D eigenvalue weighted by molar-refractivity contribution is 5.98. The molecule has 0 saturated carbocycles. The van der Waals surface area contributed by atoms with Crippen molar-refractivity contribution >= 4 is 11.8 Å². The van der Waals surface area contributed by atoms with E-state index in [4.69, 9.17) is 10.8 Å². The van der Waals surface area contributed by atoms with E-state index in [0.29, 0.717) is 24.2 Å². The van der Waals surface area contributed by atoms with Crippen molar-refractivity contribution in [3.63, 3.8) is 0 Å². The Morgan fingerprint density at radius 2 is 2.15 bits per heavy atom. The molecule has 1 aromatic heterocycles. The molecule has 0 aliphatic rings. The highest BCUT2D eigenvalue weighted by Crippen LogP contribution is 2.11. The van der Waals surface area contributed by atoms with Crippen LogP contribution in [0.3, 0.4) is 0 Å². The summed E-state index contributed by atoms with van der Waals surface area (Å²) in [4.78, 5) is 23.1. The van der Waals surface area contributed by atoms with Gasteiger partial charge in [-0.15, -0.1) is 0 Å². The second-order valence-corrected chi connectivity index (χ2v) is 4.97. The first-order valence-corrected chi connectivity index (χ1v) is 6.84. The molecule has 1 aromatic rings. The van der Waals surface area contributed by atoms with Crippen molar-refractivity contribution in [2.75, 3.05) is 13.2 Å². The standard InChI is InChI=1S/C14H23N3O3/c1-3-4-10(5-6-18)8-16-14(20)12-7-11(13(15)19)9-17(12)2/h7,9-10,18H,3-6,8H2,1-2H3,(H2,15,19)(H,16,20). The predicted octanol–water partition coefficient (Wildman–Crippen LogP) is 0.652. The zero-order valence-corrected chi connectivity index (χ0v) is 12.1. The molecule has 0 fully saturated rings. The summed E-state index contributed by atoms with van der Waals surface area (Å²) >= 11 is 0. The van der Waals surface area contributed by atoms with Crippen LogP contribution >= 0.6 is 0 Å². The maximum Gasteiger partial charge on any atom is 0.267 e. The molecule has 0 radical (unpaired) electrons. The van der Waals surface area contributed by atoms with Gasteiger partial charge in [0.05, 0.1) is 5.56 Å². The van der Waals surface area contributed by atoms with Crippen LogP contribution in [0.2, 0.25) is 0 Å². The Bertz CT molecular complexity index is 462. The third-order valence-corrected chi connectivity index (χ3v) is 3.31. The average molecular weight is 281 g/mol. The number of carbonyl (C=O) groups is 2. The zero-order chi connectivity index (χ0) is 15.1. The van der Waals surface area contributed by atoms with Gasteiger partial charge in [0.15, 0.2) is 0 Å². The Balaban J connectivity index is 2.64. The summed E-state index contributed by atoms with van der Waals surface area (Å²) < 4.78 is 1.58. The summed E-state index contributed by atoms with van der Waals surface area (Å²) in [7, 11) is 1.69. The van der Waals surface area contributed by atoms with Gasteiger partial charge in [0, 0.05) is 26.4 Å². The van der Waals surface area contributed by atoms with Gasteiger partial charge in [0.2, 0.25) is 5.91 Å². The smallest absolute Gasteiger partial charge is 0.267 e. The Kier molecular flexibility index (Phi) is 6.24. The molecule has 6 nitrogen and oxygen atoms in total. The molecule has 20 heavy (non-hydrogen) atoms. The number of aromatic nitrogens is 1. The highest BCUT2D eigenvalue weighted by Gasteiger charge is 2.15. The van der Waals surface area contributed by atoms with E-state index in [2.05, 4.69) is 12.2 Å². The van der Waals surface area contributed by atoms with E-state index >= 15 is 0 Å². The minimum atomic E-state index is -0.552. The summed E-state index contributed by atoms with van der Waals surface area (Å²) in [6, 6.07) is 1.48. The molecule has 0 aliphatic heterocycles. The van der Waals surface area contributed by atoms with Crippen LogP contribution in [0.1, 0.15) is 47.0 Å². The number of aliphatic hydroxyl groups is 1. The Hall–Kier alpha value is -1.82. The zero-order valence-electron chi connectivity index (χ0n) is 12.1. The molecule has 1 unspecified atom stereocenters. The molecule has 0 saturated heterocycles. The minimum Gasteiger partial charge on any atom is -0.396 e. The van der Waals surface area contributed by atoms with Gasteiger partial charge in [0.25, 0.3) is 5.91 Å². The van der Waals surface area contributed by atoms with Crippen molar-refractivity contribution in [3.05, 3.63) is 23.5 Å². The fourth-order valence-electron chi connectivity index (χ4n) is 2.19. The molecule has 0 aromatic carbocycles. The van der Waals surface area contributed by atoms with Gasteiger partial charge in [-0.3, -0.25) is 9.59 Å². The van der Waals surface area contributed by atoms with Gasteiger partial charge in [0.1, 0.15) is 5.69 Å². The first-order valence-electron chi connectivity index (χ1n) is 6.84. The van der Waals surface area contributed by atoms with Crippen molar-refractivity contribution in [1.29, 1.82) is 0 Å². The van der Waals surface area contributed by atoms with Crippen LogP contribution in [-0.2, 0) is 7.05 Å². The lowest BCUT2D eigenvalue weighted by atomic mass is 10.0. The van der Waals surface area contributed by atoms with Crippen molar-refractivity contribution in [3.8, 4) is 0 Å². The van der Waals surface area contributed by atoms with Crippen LogP contribution in [0.5, 0.6) is 0 Å². The predicted molar refractivity (Wildman–Crippen MR) is 76.4 cm³/mol. The first-order chi connectivity index (χ1) is 9.49. The molecule has 4 N–H and O–H groups in total. The van der Waals surface area contributed by atoms with Gasteiger partial charge in [-0.25, -0.2) is 0 Å². The second-order valence-electron chi connectivity index (χ2n) is 4.97. The van der Waals surface area contributed by atoms with Crippen LogP contribution in [-0.4, -0.2) is 34.6 Å². The number of aliphatic hydroxyl groups excluding tert-OH is 1. The molecule has 112 valence electrons. The topological polar surface area (TPSA) is 97.3 Å². The summed E-state index contributed by atoms with van der Waals surface area (Å²) in [5.41, 5.74) is 5.90.